The van der Waals surface area contributed by atoms with Gasteiger partial charge < -0.3 is 14.4 Å². The van der Waals surface area contributed by atoms with Gasteiger partial charge in [-0.2, -0.15) is 5.10 Å². The SMILES string of the molecule is CCCCn1nc(COc2cccc(Cl)c2)nc1C1CN(C)CCO1. The average Bonchev–Trinajstić information content (AvgIpc) is 3.01. The number of benzene rings is 1. The normalized spacial score (nSPS) is 18.4. The van der Waals surface area contributed by atoms with Crippen molar-refractivity contribution in [3.8, 4) is 5.75 Å². The Morgan fingerprint density at radius 2 is 2.28 bits per heavy atom. The van der Waals surface area contributed by atoms with Gasteiger partial charge in [-0.25, -0.2) is 9.67 Å². The van der Waals surface area contributed by atoms with Crippen molar-refractivity contribution in [2.24, 2.45) is 0 Å². The van der Waals surface area contributed by atoms with Crippen LogP contribution in [0.4, 0.5) is 0 Å². The number of morpholine rings is 1. The Bertz CT molecular complexity index is 691. The van der Waals surface area contributed by atoms with Gasteiger partial charge in [-0.1, -0.05) is 31.0 Å². The van der Waals surface area contributed by atoms with Crippen LogP contribution in [0.2, 0.25) is 5.02 Å². The smallest absolute Gasteiger partial charge is 0.188 e. The fourth-order valence-corrected chi connectivity index (χ4v) is 2.99. The second kappa shape index (κ2) is 8.65. The highest BCUT2D eigenvalue weighted by atomic mass is 35.5. The number of aromatic nitrogens is 3. The first-order valence-corrected chi connectivity index (χ1v) is 9.15. The molecule has 6 nitrogen and oxygen atoms in total. The maximum Gasteiger partial charge on any atom is 0.188 e. The highest BCUT2D eigenvalue weighted by molar-refractivity contribution is 6.30. The van der Waals surface area contributed by atoms with Crippen LogP contribution in [-0.2, 0) is 17.9 Å². The molecule has 7 heteroatoms. The Balaban J connectivity index is 1.73. The van der Waals surface area contributed by atoms with Crippen molar-refractivity contribution >= 4 is 11.6 Å². The van der Waals surface area contributed by atoms with Crippen molar-refractivity contribution in [1.29, 1.82) is 0 Å². The first-order chi connectivity index (χ1) is 12.2. The van der Waals surface area contributed by atoms with Gasteiger partial charge in [-0.3, -0.25) is 0 Å². The molecule has 0 N–H and O–H groups in total. The van der Waals surface area contributed by atoms with E-state index in [1.54, 1.807) is 6.07 Å². The molecule has 1 fully saturated rings. The standard InChI is InChI=1S/C18H25ClN4O2/c1-3-4-8-23-18(16-12-22(2)9-10-24-16)20-17(21-23)13-25-15-7-5-6-14(19)11-15/h5-7,11,16H,3-4,8-10,12-13H2,1-2H3. The van der Waals surface area contributed by atoms with E-state index in [-0.39, 0.29) is 6.10 Å². The number of hydrogen-bond acceptors (Lipinski definition) is 5. The molecule has 0 spiro atoms. The van der Waals surface area contributed by atoms with Crippen LogP contribution >= 0.6 is 11.6 Å². The van der Waals surface area contributed by atoms with Gasteiger partial charge in [0, 0.05) is 24.7 Å². The summed E-state index contributed by atoms with van der Waals surface area (Å²) in [7, 11) is 2.10. The lowest BCUT2D eigenvalue weighted by Crippen LogP contribution is -2.36. The second-order valence-electron chi connectivity index (χ2n) is 6.33. The summed E-state index contributed by atoms with van der Waals surface area (Å²) in [5, 5.41) is 5.29. The van der Waals surface area contributed by atoms with Crippen LogP contribution in [0, 0.1) is 0 Å². The van der Waals surface area contributed by atoms with Crippen LogP contribution in [0.15, 0.2) is 24.3 Å². The molecule has 0 amide bonds. The first kappa shape index (κ1) is 18.2. The highest BCUT2D eigenvalue weighted by Crippen LogP contribution is 2.22. The molecule has 1 aliphatic heterocycles. The molecule has 0 radical (unpaired) electrons. The fourth-order valence-electron chi connectivity index (χ4n) is 2.81. The largest absolute Gasteiger partial charge is 0.485 e. The lowest BCUT2D eigenvalue weighted by Gasteiger charge is -2.29. The minimum atomic E-state index is -0.0389. The predicted molar refractivity (Wildman–Crippen MR) is 96.9 cm³/mol. The number of nitrogens with zero attached hydrogens (tertiary/aromatic N) is 4. The van der Waals surface area contributed by atoms with E-state index in [1.165, 1.54) is 0 Å². The lowest BCUT2D eigenvalue weighted by atomic mass is 10.2. The van der Waals surface area contributed by atoms with Gasteiger partial charge >= 0.3 is 0 Å². The molecule has 1 aliphatic rings. The third-order valence-electron chi connectivity index (χ3n) is 4.19. The number of rotatable bonds is 7. The zero-order valence-corrected chi connectivity index (χ0v) is 15.6. The molecule has 136 valence electrons. The Labute approximate surface area is 153 Å². The quantitative estimate of drug-likeness (QED) is 0.754. The molecular weight excluding hydrogens is 340 g/mol. The molecule has 1 saturated heterocycles. The molecule has 1 atom stereocenters. The minimum absolute atomic E-state index is 0.0389. The van der Waals surface area contributed by atoms with Crippen LogP contribution in [0.25, 0.3) is 0 Å². The summed E-state index contributed by atoms with van der Waals surface area (Å²) in [6.45, 7) is 5.83. The number of likely N-dealkylation sites (N-methyl/N-ethyl adjacent to an activating group) is 1. The van der Waals surface area contributed by atoms with Gasteiger partial charge in [0.2, 0.25) is 0 Å². The van der Waals surface area contributed by atoms with E-state index in [0.717, 1.165) is 44.9 Å². The number of aryl methyl sites for hydroxylation is 1. The van der Waals surface area contributed by atoms with E-state index in [4.69, 9.17) is 26.1 Å². The summed E-state index contributed by atoms with van der Waals surface area (Å²) in [4.78, 5) is 6.96. The van der Waals surface area contributed by atoms with Crippen LogP contribution in [-0.4, -0.2) is 46.4 Å². The number of hydrogen-bond donors (Lipinski definition) is 0. The molecule has 0 aliphatic carbocycles. The summed E-state index contributed by atoms with van der Waals surface area (Å²) >= 11 is 5.99. The monoisotopic (exact) mass is 364 g/mol. The van der Waals surface area contributed by atoms with Crippen molar-refractivity contribution in [3.05, 3.63) is 40.9 Å². The van der Waals surface area contributed by atoms with Crippen LogP contribution in [0.1, 0.15) is 37.5 Å². The Morgan fingerprint density at radius 3 is 3.04 bits per heavy atom. The van der Waals surface area contributed by atoms with Gasteiger partial charge in [0.1, 0.15) is 18.5 Å². The molecule has 1 unspecified atom stereocenters. The summed E-state index contributed by atoms with van der Waals surface area (Å²) in [5.74, 6) is 2.28. The van der Waals surface area contributed by atoms with Crippen LogP contribution < -0.4 is 4.74 Å². The third kappa shape index (κ3) is 4.93. The van der Waals surface area contributed by atoms with Gasteiger partial charge in [0.15, 0.2) is 11.6 Å². The molecule has 3 rings (SSSR count). The van der Waals surface area contributed by atoms with Crippen molar-refractivity contribution in [2.45, 2.75) is 39.0 Å². The van der Waals surface area contributed by atoms with Crippen molar-refractivity contribution in [3.63, 3.8) is 0 Å². The van der Waals surface area contributed by atoms with Gasteiger partial charge in [0.05, 0.1) is 6.61 Å². The van der Waals surface area contributed by atoms with E-state index in [1.807, 2.05) is 22.9 Å². The van der Waals surface area contributed by atoms with E-state index >= 15 is 0 Å². The second-order valence-corrected chi connectivity index (χ2v) is 6.77. The highest BCUT2D eigenvalue weighted by Gasteiger charge is 2.25. The third-order valence-corrected chi connectivity index (χ3v) is 4.42. The van der Waals surface area contributed by atoms with Crippen molar-refractivity contribution in [1.82, 2.24) is 19.7 Å². The first-order valence-electron chi connectivity index (χ1n) is 8.78. The maximum absolute atomic E-state index is 5.99. The number of halogens is 1. The molecule has 1 aromatic heterocycles. The summed E-state index contributed by atoms with van der Waals surface area (Å²) in [6, 6.07) is 7.35. The molecule has 0 saturated carbocycles. The molecule has 2 aromatic rings. The average molecular weight is 365 g/mol. The van der Waals surface area contributed by atoms with Gasteiger partial charge in [-0.05, 0) is 31.7 Å². The summed E-state index contributed by atoms with van der Waals surface area (Å²) in [5.41, 5.74) is 0. The Hall–Kier alpha value is -1.63. The Morgan fingerprint density at radius 1 is 1.40 bits per heavy atom. The maximum atomic E-state index is 5.99. The summed E-state index contributed by atoms with van der Waals surface area (Å²) in [6.07, 6.45) is 2.13. The van der Waals surface area contributed by atoms with Crippen molar-refractivity contribution in [2.75, 3.05) is 26.7 Å². The lowest BCUT2D eigenvalue weighted by molar-refractivity contribution is -0.0277. The molecule has 0 bridgehead atoms. The Kier molecular flexibility index (Phi) is 6.29. The summed E-state index contributed by atoms with van der Waals surface area (Å²) < 4.78 is 13.7. The molecule has 25 heavy (non-hydrogen) atoms. The molecule has 1 aromatic carbocycles. The van der Waals surface area contributed by atoms with E-state index in [2.05, 4.69) is 24.0 Å². The van der Waals surface area contributed by atoms with Crippen LogP contribution in [0.5, 0.6) is 5.75 Å². The van der Waals surface area contributed by atoms with E-state index in [9.17, 15) is 0 Å². The predicted octanol–water partition coefficient (Wildman–Crippen LogP) is 3.31. The zero-order chi connectivity index (χ0) is 17.6. The minimum Gasteiger partial charge on any atom is -0.485 e. The van der Waals surface area contributed by atoms with Gasteiger partial charge in [0.25, 0.3) is 0 Å². The topological polar surface area (TPSA) is 52.4 Å². The van der Waals surface area contributed by atoms with E-state index in [0.29, 0.717) is 23.2 Å². The van der Waals surface area contributed by atoms with Gasteiger partial charge in [-0.15, -0.1) is 0 Å². The van der Waals surface area contributed by atoms with Crippen molar-refractivity contribution < 1.29 is 9.47 Å². The van der Waals surface area contributed by atoms with E-state index < -0.39 is 0 Å². The van der Waals surface area contributed by atoms with Crippen LogP contribution in [0.3, 0.4) is 0 Å². The molecule has 2 heterocycles. The molecular formula is C18H25ClN4O2. The fraction of sp³-hybridized carbons (Fsp3) is 0.556. The number of ether oxygens (including phenoxy) is 2. The zero-order valence-electron chi connectivity index (χ0n) is 14.8. The number of unbranched alkanes of at least 4 members (excludes halogenated alkanes) is 1.